The van der Waals surface area contributed by atoms with Crippen LogP contribution in [0.1, 0.15) is 25.1 Å². The Morgan fingerprint density at radius 2 is 2.12 bits per heavy atom. The third-order valence-corrected chi connectivity index (χ3v) is 5.44. The fourth-order valence-electron chi connectivity index (χ4n) is 3.02. The maximum atomic E-state index is 4.33. The molecular formula is C17H25IN6S. The number of nitrogens with one attached hydrogen (secondary N) is 2. The Labute approximate surface area is 170 Å². The van der Waals surface area contributed by atoms with E-state index in [2.05, 4.69) is 32.1 Å². The van der Waals surface area contributed by atoms with Crippen molar-refractivity contribution in [2.75, 3.05) is 13.3 Å². The molecule has 1 aliphatic carbocycles. The normalized spacial score (nSPS) is 20.2. The summed E-state index contributed by atoms with van der Waals surface area (Å²) in [6.07, 6.45) is 7.60. The topological polar surface area (TPSA) is 67.1 Å². The summed E-state index contributed by atoms with van der Waals surface area (Å²) in [5.41, 5.74) is 1.06. The number of guanidine groups is 1. The van der Waals surface area contributed by atoms with Gasteiger partial charge in [-0.25, -0.2) is 0 Å². The Morgan fingerprint density at radius 3 is 2.80 bits per heavy atom. The molecular weight excluding hydrogens is 447 g/mol. The molecule has 0 saturated heterocycles. The lowest BCUT2D eigenvalue weighted by molar-refractivity contribution is 0.611. The summed E-state index contributed by atoms with van der Waals surface area (Å²) in [5.74, 6) is 1.68. The third-order valence-electron chi connectivity index (χ3n) is 4.35. The summed E-state index contributed by atoms with van der Waals surface area (Å²) in [6, 6.07) is 10.6. The Bertz CT molecular complexity index is 675. The quantitative estimate of drug-likeness (QED) is 0.398. The largest absolute Gasteiger partial charge is 0.354 e. The van der Waals surface area contributed by atoms with Crippen LogP contribution in [-0.2, 0) is 6.54 Å². The van der Waals surface area contributed by atoms with Gasteiger partial charge in [0.15, 0.2) is 11.8 Å². The van der Waals surface area contributed by atoms with E-state index in [4.69, 9.17) is 0 Å². The molecule has 2 unspecified atom stereocenters. The van der Waals surface area contributed by atoms with Crippen LogP contribution in [0.15, 0.2) is 41.7 Å². The Kier molecular flexibility index (Phi) is 8.01. The van der Waals surface area contributed by atoms with Crippen LogP contribution >= 0.6 is 35.7 Å². The van der Waals surface area contributed by atoms with E-state index in [0.717, 1.165) is 22.7 Å². The van der Waals surface area contributed by atoms with E-state index in [1.165, 1.54) is 19.3 Å². The molecule has 25 heavy (non-hydrogen) atoms. The van der Waals surface area contributed by atoms with Crippen LogP contribution in [0.5, 0.6) is 0 Å². The van der Waals surface area contributed by atoms with Crippen LogP contribution in [-0.4, -0.2) is 45.3 Å². The number of para-hydroxylation sites is 1. The molecule has 0 bridgehead atoms. The Hall–Kier alpha value is -1.29. The molecule has 6 nitrogen and oxygen atoms in total. The Balaban J connectivity index is 0.00000225. The van der Waals surface area contributed by atoms with Gasteiger partial charge in [0.25, 0.3) is 0 Å². The monoisotopic (exact) mass is 472 g/mol. The second kappa shape index (κ2) is 10.0. The molecule has 1 aromatic carbocycles. The van der Waals surface area contributed by atoms with Gasteiger partial charge in [0.1, 0.15) is 6.33 Å². The first-order valence-electron chi connectivity index (χ1n) is 8.24. The van der Waals surface area contributed by atoms with Gasteiger partial charge in [-0.3, -0.25) is 9.56 Å². The average Bonchev–Trinajstić information content (AvgIpc) is 3.28. The predicted molar refractivity (Wildman–Crippen MR) is 115 cm³/mol. The lowest BCUT2D eigenvalue weighted by Crippen LogP contribution is -2.42. The highest BCUT2D eigenvalue weighted by Crippen LogP contribution is 2.28. The van der Waals surface area contributed by atoms with Crippen molar-refractivity contribution in [1.82, 2.24) is 25.4 Å². The van der Waals surface area contributed by atoms with Crippen molar-refractivity contribution in [2.45, 2.75) is 37.1 Å². The van der Waals surface area contributed by atoms with E-state index in [0.29, 0.717) is 12.6 Å². The summed E-state index contributed by atoms with van der Waals surface area (Å²) in [6.45, 7) is 0.577. The minimum absolute atomic E-state index is 0. The number of thioether (sulfide) groups is 1. The van der Waals surface area contributed by atoms with E-state index in [1.807, 2.05) is 46.7 Å². The highest BCUT2D eigenvalue weighted by molar-refractivity contribution is 14.0. The summed E-state index contributed by atoms with van der Waals surface area (Å²) >= 11 is 1.96. The zero-order chi connectivity index (χ0) is 16.8. The number of hydrogen-bond donors (Lipinski definition) is 2. The van der Waals surface area contributed by atoms with Crippen LogP contribution in [0.25, 0.3) is 5.69 Å². The van der Waals surface area contributed by atoms with Crippen molar-refractivity contribution in [3.63, 3.8) is 0 Å². The van der Waals surface area contributed by atoms with Gasteiger partial charge in [0.05, 0.1) is 6.54 Å². The standard InChI is InChI=1S/C17H24N6S.HI/c1-18-17(21-13-8-9-15(10-13)24-2)19-11-16-22-20-12-23(16)14-6-4-3-5-7-14;/h3-7,12-13,15H,8-11H2,1-2H3,(H2,18,19,21);1H. The number of benzene rings is 1. The molecule has 0 spiro atoms. The van der Waals surface area contributed by atoms with E-state index in [9.17, 15) is 0 Å². The van der Waals surface area contributed by atoms with Gasteiger partial charge in [0.2, 0.25) is 0 Å². The first-order valence-corrected chi connectivity index (χ1v) is 9.53. The second-order valence-corrected chi connectivity index (χ2v) is 7.03. The van der Waals surface area contributed by atoms with E-state index < -0.39 is 0 Å². The molecule has 3 rings (SSSR count). The molecule has 2 N–H and O–H groups in total. The smallest absolute Gasteiger partial charge is 0.191 e. The summed E-state index contributed by atoms with van der Waals surface area (Å²) in [7, 11) is 1.80. The van der Waals surface area contributed by atoms with Gasteiger partial charge in [-0.05, 0) is 37.7 Å². The zero-order valence-corrected chi connectivity index (χ0v) is 17.7. The first-order chi connectivity index (χ1) is 11.8. The molecule has 1 fully saturated rings. The average molecular weight is 472 g/mol. The van der Waals surface area contributed by atoms with Gasteiger partial charge < -0.3 is 10.6 Å². The molecule has 1 heterocycles. The molecule has 8 heteroatoms. The fraction of sp³-hybridized carbons (Fsp3) is 0.471. The van der Waals surface area contributed by atoms with Crippen LogP contribution in [0, 0.1) is 0 Å². The van der Waals surface area contributed by atoms with Crippen LogP contribution in [0.3, 0.4) is 0 Å². The van der Waals surface area contributed by atoms with Crippen molar-refractivity contribution >= 4 is 41.7 Å². The van der Waals surface area contributed by atoms with Gasteiger partial charge in [-0.1, -0.05) is 18.2 Å². The number of rotatable bonds is 5. The first kappa shape index (κ1) is 20.0. The van der Waals surface area contributed by atoms with Gasteiger partial charge in [-0.2, -0.15) is 11.8 Å². The van der Waals surface area contributed by atoms with Crippen molar-refractivity contribution in [2.24, 2.45) is 4.99 Å². The summed E-state index contributed by atoms with van der Waals surface area (Å²) < 4.78 is 1.99. The molecule has 1 aromatic heterocycles. The van der Waals surface area contributed by atoms with Crippen molar-refractivity contribution in [3.8, 4) is 5.69 Å². The minimum Gasteiger partial charge on any atom is -0.354 e. The van der Waals surface area contributed by atoms with Gasteiger partial charge in [0, 0.05) is 24.0 Å². The molecule has 0 amide bonds. The molecule has 1 aliphatic rings. The molecule has 2 aromatic rings. The molecule has 2 atom stereocenters. The van der Waals surface area contributed by atoms with E-state index in [-0.39, 0.29) is 24.0 Å². The maximum Gasteiger partial charge on any atom is 0.191 e. The Morgan fingerprint density at radius 1 is 1.32 bits per heavy atom. The maximum absolute atomic E-state index is 4.33. The minimum atomic E-state index is 0. The number of aromatic nitrogens is 3. The van der Waals surface area contributed by atoms with E-state index >= 15 is 0 Å². The van der Waals surface area contributed by atoms with Gasteiger partial charge in [-0.15, -0.1) is 34.2 Å². The number of hydrogen-bond acceptors (Lipinski definition) is 4. The second-order valence-electron chi connectivity index (χ2n) is 5.89. The van der Waals surface area contributed by atoms with Crippen molar-refractivity contribution < 1.29 is 0 Å². The number of halogens is 1. The molecule has 1 saturated carbocycles. The highest BCUT2D eigenvalue weighted by atomic mass is 127. The van der Waals surface area contributed by atoms with Crippen LogP contribution in [0.4, 0.5) is 0 Å². The van der Waals surface area contributed by atoms with Gasteiger partial charge >= 0.3 is 0 Å². The number of nitrogens with zero attached hydrogens (tertiary/aromatic N) is 4. The molecule has 136 valence electrons. The lowest BCUT2D eigenvalue weighted by atomic mass is 10.2. The zero-order valence-electron chi connectivity index (χ0n) is 14.6. The number of aliphatic imine (C=N–C) groups is 1. The SMILES string of the molecule is CN=C(NCc1nncn1-c1ccccc1)NC1CCC(SC)C1.I. The molecule has 0 aliphatic heterocycles. The van der Waals surface area contributed by atoms with Crippen molar-refractivity contribution in [3.05, 3.63) is 42.5 Å². The summed E-state index contributed by atoms with van der Waals surface area (Å²) in [4.78, 5) is 4.33. The predicted octanol–water partition coefficient (Wildman–Crippen LogP) is 2.83. The summed E-state index contributed by atoms with van der Waals surface area (Å²) in [5, 5.41) is 15.9. The third kappa shape index (κ3) is 5.34. The van der Waals surface area contributed by atoms with Crippen LogP contribution < -0.4 is 10.6 Å². The van der Waals surface area contributed by atoms with Crippen molar-refractivity contribution in [1.29, 1.82) is 0 Å². The van der Waals surface area contributed by atoms with E-state index in [1.54, 1.807) is 13.4 Å². The molecule has 0 radical (unpaired) electrons. The van der Waals surface area contributed by atoms with Crippen LogP contribution in [0.2, 0.25) is 0 Å². The highest BCUT2D eigenvalue weighted by Gasteiger charge is 2.24. The fourth-order valence-corrected chi connectivity index (χ4v) is 3.82. The lowest BCUT2D eigenvalue weighted by Gasteiger charge is -2.17.